The summed E-state index contributed by atoms with van der Waals surface area (Å²) in [6.45, 7) is 1.97. The van der Waals surface area contributed by atoms with Gasteiger partial charge in [0.15, 0.2) is 0 Å². The predicted octanol–water partition coefficient (Wildman–Crippen LogP) is 0.363. The predicted molar refractivity (Wildman–Crippen MR) is 51.5 cm³/mol. The highest BCUT2D eigenvalue weighted by Crippen LogP contribution is 2.12. The molecule has 0 aliphatic carbocycles. The molecule has 0 aliphatic heterocycles. The first-order valence-electron chi connectivity index (χ1n) is 3.96. The van der Waals surface area contributed by atoms with Crippen LogP contribution in [0.1, 0.15) is 11.1 Å². The molecule has 0 unspecified atom stereocenters. The zero-order valence-electron chi connectivity index (χ0n) is 7.25. The van der Waals surface area contributed by atoms with Gasteiger partial charge in [0.2, 0.25) is 0 Å². The van der Waals surface area contributed by atoms with E-state index < -0.39 is 0 Å². The molecule has 0 saturated heterocycles. The molecular weight excluding hydrogens is 150 g/mol. The largest absolute Gasteiger partial charge is 0.399 e. The fourth-order valence-corrected chi connectivity index (χ4v) is 1.14. The molecule has 0 heterocycles. The maximum Gasteiger partial charge on any atom is 0.0562 e. The first-order valence-corrected chi connectivity index (χ1v) is 3.96. The molecule has 0 amide bonds. The Morgan fingerprint density at radius 3 is 2.50 bits per heavy atom. The van der Waals surface area contributed by atoms with Gasteiger partial charge in [-0.3, -0.25) is 0 Å². The molecule has 1 rings (SSSR count). The van der Waals surface area contributed by atoms with Crippen molar-refractivity contribution in [2.24, 2.45) is 11.5 Å². The molecule has 0 aromatic heterocycles. The van der Waals surface area contributed by atoms with Gasteiger partial charge in [0.25, 0.3) is 0 Å². The summed E-state index contributed by atoms with van der Waals surface area (Å²) in [5, 5.41) is 0. The average molecular weight is 165 g/mol. The first-order chi connectivity index (χ1) is 5.59. The van der Waals surface area contributed by atoms with Gasteiger partial charge in [-0.15, -0.1) is 0 Å². The lowest BCUT2D eigenvalue weighted by Gasteiger charge is -2.07. The molecule has 6 N–H and O–H groups in total. The third kappa shape index (κ3) is 2.22. The number of anilines is 1. The van der Waals surface area contributed by atoms with E-state index in [0.717, 1.165) is 16.8 Å². The third-order valence-electron chi connectivity index (χ3n) is 1.81. The lowest BCUT2D eigenvalue weighted by Crippen LogP contribution is -2.32. The second kappa shape index (κ2) is 3.56. The van der Waals surface area contributed by atoms with Gasteiger partial charge in [-0.2, -0.15) is 0 Å². The number of aryl methyl sites for hydroxylation is 1. The number of nitrogens with two attached hydrogens (primary N) is 3. The normalized spacial score (nSPS) is 10.7. The Balaban J connectivity index is 2.82. The summed E-state index contributed by atoms with van der Waals surface area (Å²) in [6, 6.07) is 5.85. The van der Waals surface area contributed by atoms with Crippen LogP contribution in [0.15, 0.2) is 18.2 Å². The minimum absolute atomic E-state index is 0.284. The summed E-state index contributed by atoms with van der Waals surface area (Å²) in [6.07, 6.45) is 0.411. The highest BCUT2D eigenvalue weighted by molar-refractivity contribution is 5.47. The van der Waals surface area contributed by atoms with E-state index in [9.17, 15) is 0 Å². The van der Waals surface area contributed by atoms with Gasteiger partial charge in [0, 0.05) is 12.1 Å². The molecule has 0 aliphatic rings. The smallest absolute Gasteiger partial charge is 0.0562 e. The number of nitrogen functional groups attached to an aromatic ring is 1. The van der Waals surface area contributed by atoms with Crippen LogP contribution >= 0.6 is 0 Å². The van der Waals surface area contributed by atoms with E-state index in [1.807, 2.05) is 25.1 Å². The average Bonchev–Trinajstić information content (AvgIpc) is 1.96. The fourth-order valence-electron chi connectivity index (χ4n) is 1.14. The highest BCUT2D eigenvalue weighted by Gasteiger charge is 1.99. The second-order valence-corrected chi connectivity index (χ2v) is 3.06. The van der Waals surface area contributed by atoms with Crippen molar-refractivity contribution in [1.82, 2.24) is 0 Å². The molecular formula is C9H15N3. The fraction of sp³-hybridized carbons (Fsp3) is 0.333. The van der Waals surface area contributed by atoms with Gasteiger partial charge in [0.05, 0.1) is 6.17 Å². The molecule has 0 saturated carbocycles. The van der Waals surface area contributed by atoms with Gasteiger partial charge < -0.3 is 17.2 Å². The van der Waals surface area contributed by atoms with Crippen molar-refractivity contribution in [1.29, 1.82) is 0 Å². The van der Waals surface area contributed by atoms with E-state index in [1.54, 1.807) is 0 Å². The lowest BCUT2D eigenvalue weighted by molar-refractivity contribution is 0.703. The van der Waals surface area contributed by atoms with Crippen LogP contribution in [0.4, 0.5) is 5.69 Å². The van der Waals surface area contributed by atoms with Crippen molar-refractivity contribution in [3.63, 3.8) is 0 Å². The monoisotopic (exact) mass is 165 g/mol. The van der Waals surface area contributed by atoms with Crippen molar-refractivity contribution in [3.05, 3.63) is 29.3 Å². The van der Waals surface area contributed by atoms with Crippen LogP contribution in [-0.4, -0.2) is 6.17 Å². The molecule has 1 aromatic rings. The third-order valence-corrected chi connectivity index (χ3v) is 1.81. The van der Waals surface area contributed by atoms with Gasteiger partial charge in [0.1, 0.15) is 0 Å². The summed E-state index contributed by atoms with van der Waals surface area (Å²) < 4.78 is 0. The van der Waals surface area contributed by atoms with Crippen molar-refractivity contribution in [2.75, 3.05) is 5.73 Å². The lowest BCUT2D eigenvalue weighted by atomic mass is 10.1. The molecule has 0 fully saturated rings. The van der Waals surface area contributed by atoms with Crippen molar-refractivity contribution < 1.29 is 0 Å². The Morgan fingerprint density at radius 1 is 1.33 bits per heavy atom. The van der Waals surface area contributed by atoms with Gasteiger partial charge in [-0.25, -0.2) is 0 Å². The van der Waals surface area contributed by atoms with Crippen LogP contribution in [0.3, 0.4) is 0 Å². The second-order valence-electron chi connectivity index (χ2n) is 3.06. The van der Waals surface area contributed by atoms with Crippen LogP contribution in [0.25, 0.3) is 0 Å². The van der Waals surface area contributed by atoms with Gasteiger partial charge >= 0.3 is 0 Å². The molecule has 0 bridgehead atoms. The summed E-state index contributed by atoms with van der Waals surface area (Å²) in [7, 11) is 0. The van der Waals surface area contributed by atoms with Gasteiger partial charge in [-0.05, 0) is 24.1 Å². The molecule has 3 nitrogen and oxygen atoms in total. The molecule has 3 heteroatoms. The Hall–Kier alpha value is -1.06. The van der Waals surface area contributed by atoms with Crippen molar-refractivity contribution >= 4 is 5.69 Å². The minimum Gasteiger partial charge on any atom is -0.399 e. The summed E-state index contributed by atoms with van der Waals surface area (Å²) in [5.41, 5.74) is 19.6. The summed E-state index contributed by atoms with van der Waals surface area (Å²) in [4.78, 5) is 0. The SMILES string of the molecule is Cc1cc(CC(N)N)ccc1N. The number of rotatable bonds is 2. The summed E-state index contributed by atoms with van der Waals surface area (Å²) in [5.74, 6) is 0. The van der Waals surface area contributed by atoms with Gasteiger partial charge in [-0.1, -0.05) is 12.1 Å². The number of benzene rings is 1. The zero-order valence-corrected chi connectivity index (χ0v) is 7.25. The Morgan fingerprint density at radius 2 is 2.00 bits per heavy atom. The summed E-state index contributed by atoms with van der Waals surface area (Å²) >= 11 is 0. The topological polar surface area (TPSA) is 78.1 Å². The van der Waals surface area contributed by atoms with Crippen LogP contribution < -0.4 is 17.2 Å². The minimum atomic E-state index is -0.284. The van der Waals surface area contributed by atoms with Crippen LogP contribution in [0.5, 0.6) is 0 Å². The maximum atomic E-state index is 5.66. The van der Waals surface area contributed by atoms with E-state index in [1.165, 1.54) is 0 Å². The maximum absolute atomic E-state index is 5.66. The Kier molecular flexibility index (Phi) is 2.68. The first kappa shape index (κ1) is 9.03. The molecule has 0 spiro atoms. The van der Waals surface area contributed by atoms with Crippen molar-refractivity contribution in [2.45, 2.75) is 19.5 Å². The van der Waals surface area contributed by atoms with E-state index >= 15 is 0 Å². The Labute approximate surface area is 72.5 Å². The van der Waals surface area contributed by atoms with E-state index in [4.69, 9.17) is 17.2 Å². The Bertz CT molecular complexity index is 268. The quantitative estimate of drug-likeness (QED) is 0.437. The molecule has 1 aromatic carbocycles. The van der Waals surface area contributed by atoms with Crippen LogP contribution in [-0.2, 0) is 6.42 Å². The molecule has 12 heavy (non-hydrogen) atoms. The number of hydrogen-bond donors (Lipinski definition) is 3. The molecule has 0 atom stereocenters. The highest BCUT2D eigenvalue weighted by atomic mass is 14.8. The van der Waals surface area contributed by atoms with E-state index in [-0.39, 0.29) is 6.17 Å². The van der Waals surface area contributed by atoms with Crippen LogP contribution in [0.2, 0.25) is 0 Å². The molecule has 66 valence electrons. The van der Waals surface area contributed by atoms with Crippen molar-refractivity contribution in [3.8, 4) is 0 Å². The molecule has 0 radical (unpaired) electrons. The standard InChI is InChI=1S/C9H15N3/c1-6-4-7(5-9(11)12)2-3-8(6)10/h2-4,9H,5,10-12H2,1H3. The van der Waals surface area contributed by atoms with E-state index in [0.29, 0.717) is 6.42 Å². The van der Waals surface area contributed by atoms with Crippen LogP contribution in [0, 0.1) is 6.92 Å². The number of hydrogen-bond acceptors (Lipinski definition) is 3. The van der Waals surface area contributed by atoms with E-state index in [2.05, 4.69) is 0 Å². The zero-order chi connectivity index (χ0) is 9.14.